The number of halogens is 1. The number of fused-ring (bicyclic) bond motifs is 1. The Morgan fingerprint density at radius 1 is 1.21 bits per heavy atom. The lowest BCUT2D eigenvalue weighted by molar-refractivity contribution is 0.172. The van der Waals surface area contributed by atoms with Gasteiger partial charge in [0.25, 0.3) is 5.56 Å². The third kappa shape index (κ3) is 5.38. The molecule has 0 radical (unpaired) electrons. The molecule has 3 heterocycles. The van der Waals surface area contributed by atoms with Gasteiger partial charge in [0.15, 0.2) is 0 Å². The Labute approximate surface area is 200 Å². The molecule has 0 fully saturated rings. The average Bonchev–Trinajstić information content (AvgIpc) is 3.31. The Kier molecular flexibility index (Phi) is 7.64. The first kappa shape index (κ1) is 23.3. The smallest absolute Gasteiger partial charge is 0.265 e. The number of nitrogens with zero attached hydrogens (tertiary/aromatic N) is 5. The third-order valence-electron chi connectivity index (χ3n) is 5.65. The first-order chi connectivity index (χ1) is 16.1. The average molecular weight is 511 g/mol. The molecule has 0 aliphatic rings. The molecule has 0 spiro atoms. The number of furan rings is 1. The van der Waals surface area contributed by atoms with E-state index in [0.717, 1.165) is 36.2 Å². The van der Waals surface area contributed by atoms with Crippen LogP contribution in [0.5, 0.6) is 0 Å². The lowest BCUT2D eigenvalue weighted by Gasteiger charge is -2.32. The zero-order chi connectivity index (χ0) is 23.2. The number of nitrogens with one attached hydrogen (secondary N) is 1. The van der Waals surface area contributed by atoms with E-state index in [-0.39, 0.29) is 11.6 Å². The molecule has 0 saturated heterocycles. The van der Waals surface area contributed by atoms with Gasteiger partial charge in [-0.15, -0.1) is 0 Å². The number of rotatable bonds is 10. The van der Waals surface area contributed by atoms with Gasteiger partial charge in [0, 0.05) is 30.3 Å². The molecular formula is C24H27BrN6O2. The van der Waals surface area contributed by atoms with Crippen molar-refractivity contribution >= 4 is 27.0 Å². The van der Waals surface area contributed by atoms with Crippen LogP contribution in [-0.4, -0.2) is 44.6 Å². The number of likely N-dealkylation sites (N-methyl/N-ethyl adjacent to an activating group) is 1. The van der Waals surface area contributed by atoms with E-state index in [2.05, 4.69) is 55.2 Å². The Morgan fingerprint density at radius 3 is 2.73 bits per heavy atom. The minimum Gasteiger partial charge on any atom is -0.446 e. The van der Waals surface area contributed by atoms with Gasteiger partial charge in [0.2, 0.25) is 5.71 Å². The maximum Gasteiger partial charge on any atom is 0.265 e. The van der Waals surface area contributed by atoms with Crippen molar-refractivity contribution < 1.29 is 4.42 Å². The van der Waals surface area contributed by atoms with Crippen LogP contribution in [0.3, 0.4) is 0 Å². The van der Waals surface area contributed by atoms with Gasteiger partial charge < -0.3 is 9.73 Å². The summed E-state index contributed by atoms with van der Waals surface area (Å²) in [5.74, 6) is 0.678. The molecule has 0 aliphatic carbocycles. The van der Waals surface area contributed by atoms with E-state index in [1.807, 2.05) is 25.2 Å². The van der Waals surface area contributed by atoms with E-state index in [1.165, 1.54) is 18.2 Å². The summed E-state index contributed by atoms with van der Waals surface area (Å²) in [7, 11) is 1.94. The molecule has 0 amide bonds. The number of benzene rings is 1. The zero-order valence-electron chi connectivity index (χ0n) is 18.7. The van der Waals surface area contributed by atoms with E-state index < -0.39 is 0 Å². The van der Waals surface area contributed by atoms with Crippen molar-refractivity contribution in [2.75, 3.05) is 20.1 Å². The van der Waals surface area contributed by atoms with Crippen LogP contribution >= 0.6 is 15.9 Å². The maximum atomic E-state index is 13.5. The van der Waals surface area contributed by atoms with Crippen LogP contribution in [0.1, 0.15) is 36.5 Å². The fourth-order valence-corrected chi connectivity index (χ4v) is 4.24. The lowest BCUT2D eigenvalue weighted by Crippen LogP contribution is -2.38. The summed E-state index contributed by atoms with van der Waals surface area (Å²) in [6, 6.07) is 11.7. The van der Waals surface area contributed by atoms with Gasteiger partial charge in [0.05, 0.1) is 24.5 Å². The molecule has 8 nitrogen and oxygen atoms in total. The van der Waals surface area contributed by atoms with Gasteiger partial charge >= 0.3 is 0 Å². The van der Waals surface area contributed by atoms with Crippen LogP contribution < -0.4 is 10.9 Å². The fraction of sp³-hybridized carbons (Fsp3) is 0.333. The summed E-state index contributed by atoms with van der Waals surface area (Å²) in [5.41, 5.74) is 2.18. The standard InChI is InChI=1S/C24H27BrN6O2/c1-3-21(30(12-11-26-2)14-17-4-6-18(25)7-5-17)22-29-23-20(9-13-33-23)24(32)31(22)15-19-8-10-27-16-28-19/h4-10,13,16,21,26H,3,11-12,14-15H2,1-2H3. The van der Waals surface area contributed by atoms with Gasteiger partial charge in [-0.25, -0.2) is 9.97 Å². The van der Waals surface area contributed by atoms with E-state index >= 15 is 0 Å². The van der Waals surface area contributed by atoms with E-state index in [9.17, 15) is 4.79 Å². The molecule has 1 unspecified atom stereocenters. The van der Waals surface area contributed by atoms with Gasteiger partial charge in [0.1, 0.15) is 17.5 Å². The van der Waals surface area contributed by atoms with Crippen LogP contribution in [0.15, 0.2) is 68.9 Å². The van der Waals surface area contributed by atoms with E-state index in [0.29, 0.717) is 23.5 Å². The SMILES string of the molecule is CCC(c1nc2occc2c(=O)n1Cc1ccncn1)N(CCNC)Cc1ccc(Br)cc1. The zero-order valence-corrected chi connectivity index (χ0v) is 20.3. The highest BCUT2D eigenvalue weighted by Gasteiger charge is 2.26. The van der Waals surface area contributed by atoms with E-state index in [1.54, 1.807) is 16.8 Å². The third-order valence-corrected chi connectivity index (χ3v) is 6.18. The fourth-order valence-electron chi connectivity index (χ4n) is 3.97. The molecular weight excluding hydrogens is 484 g/mol. The van der Waals surface area contributed by atoms with Gasteiger partial charge in [-0.1, -0.05) is 35.0 Å². The van der Waals surface area contributed by atoms with Gasteiger partial charge in [-0.2, -0.15) is 4.98 Å². The van der Waals surface area contributed by atoms with Gasteiger partial charge in [-0.05, 0) is 43.3 Å². The van der Waals surface area contributed by atoms with Crippen LogP contribution in [0.2, 0.25) is 0 Å². The number of hydrogen-bond donors (Lipinski definition) is 1. The quantitative estimate of drug-likeness (QED) is 0.347. The number of hydrogen-bond acceptors (Lipinski definition) is 7. The molecule has 4 rings (SSSR count). The lowest BCUT2D eigenvalue weighted by atomic mass is 10.1. The van der Waals surface area contributed by atoms with Crippen LogP contribution in [0, 0.1) is 0 Å². The second-order valence-electron chi connectivity index (χ2n) is 7.83. The molecule has 9 heteroatoms. The highest BCUT2D eigenvalue weighted by atomic mass is 79.9. The summed E-state index contributed by atoms with van der Waals surface area (Å²) < 4.78 is 8.32. The Bertz CT molecular complexity index is 1240. The predicted octanol–water partition coefficient (Wildman–Crippen LogP) is 3.76. The monoisotopic (exact) mass is 510 g/mol. The Hall–Kier alpha value is -2.88. The first-order valence-corrected chi connectivity index (χ1v) is 11.8. The summed E-state index contributed by atoms with van der Waals surface area (Å²) >= 11 is 3.51. The molecule has 0 saturated carbocycles. The highest BCUT2D eigenvalue weighted by Crippen LogP contribution is 2.26. The molecule has 1 aromatic carbocycles. The molecule has 172 valence electrons. The molecule has 1 N–H and O–H groups in total. The topological polar surface area (TPSA) is 89.1 Å². The Morgan fingerprint density at radius 2 is 2.03 bits per heavy atom. The van der Waals surface area contributed by atoms with Crippen molar-refractivity contribution in [1.82, 2.24) is 29.7 Å². The number of aromatic nitrogens is 4. The summed E-state index contributed by atoms with van der Waals surface area (Å²) in [6.07, 6.45) is 5.47. The van der Waals surface area contributed by atoms with Crippen molar-refractivity contribution in [3.8, 4) is 0 Å². The second kappa shape index (κ2) is 10.8. The molecule has 1 atom stereocenters. The van der Waals surface area contributed by atoms with Crippen molar-refractivity contribution in [2.45, 2.75) is 32.5 Å². The first-order valence-electron chi connectivity index (χ1n) is 11.0. The van der Waals surface area contributed by atoms with Gasteiger partial charge in [-0.3, -0.25) is 14.3 Å². The van der Waals surface area contributed by atoms with Crippen molar-refractivity contribution in [3.05, 3.63) is 87.1 Å². The normalized spacial score (nSPS) is 12.5. The summed E-state index contributed by atoms with van der Waals surface area (Å²) in [5, 5.41) is 3.71. The van der Waals surface area contributed by atoms with Crippen LogP contribution in [-0.2, 0) is 13.1 Å². The maximum absolute atomic E-state index is 13.5. The highest BCUT2D eigenvalue weighted by molar-refractivity contribution is 9.10. The second-order valence-corrected chi connectivity index (χ2v) is 8.74. The van der Waals surface area contributed by atoms with Crippen molar-refractivity contribution in [1.29, 1.82) is 0 Å². The van der Waals surface area contributed by atoms with E-state index in [4.69, 9.17) is 9.40 Å². The van der Waals surface area contributed by atoms with Crippen molar-refractivity contribution in [2.24, 2.45) is 0 Å². The Balaban J connectivity index is 1.78. The van der Waals surface area contributed by atoms with Crippen LogP contribution in [0.25, 0.3) is 11.1 Å². The molecule has 33 heavy (non-hydrogen) atoms. The minimum absolute atomic E-state index is 0.0916. The minimum atomic E-state index is -0.127. The molecule has 4 aromatic rings. The predicted molar refractivity (Wildman–Crippen MR) is 131 cm³/mol. The summed E-state index contributed by atoms with van der Waals surface area (Å²) in [6.45, 7) is 4.77. The molecule has 0 aliphatic heterocycles. The largest absolute Gasteiger partial charge is 0.446 e. The molecule has 0 bridgehead atoms. The van der Waals surface area contributed by atoms with Crippen LogP contribution in [0.4, 0.5) is 0 Å². The molecule has 3 aromatic heterocycles. The summed E-state index contributed by atoms with van der Waals surface area (Å²) in [4.78, 5) is 29.0. The van der Waals surface area contributed by atoms with Crippen molar-refractivity contribution in [3.63, 3.8) is 0 Å².